The average Bonchev–Trinajstić information content (AvgIpc) is 3.55. The number of carbonyl (C=O) groups is 4. The number of hydrogen-bond acceptors (Lipinski definition) is 15. The van der Waals surface area contributed by atoms with Gasteiger partial charge >= 0.3 is 39.5 Å². The van der Waals surface area contributed by atoms with Crippen molar-refractivity contribution in [3.8, 4) is 0 Å². The zero-order valence-corrected chi connectivity index (χ0v) is 56.5. The van der Waals surface area contributed by atoms with E-state index in [9.17, 15) is 43.2 Å². The fraction of sp³-hybridized carbons (Fsp3) is 0.939. The minimum Gasteiger partial charge on any atom is -0.462 e. The first-order valence-corrected chi connectivity index (χ1v) is 37.7. The molecule has 0 rings (SSSR count). The first-order chi connectivity index (χ1) is 41.1. The monoisotopic (exact) mass is 1250 g/mol. The van der Waals surface area contributed by atoms with Crippen LogP contribution in [0, 0.1) is 5.92 Å². The summed E-state index contributed by atoms with van der Waals surface area (Å²) in [6, 6.07) is 0. The first kappa shape index (κ1) is 83.1. The number of aliphatic hydroxyl groups excluding tert-OH is 1. The zero-order valence-electron chi connectivity index (χ0n) is 54.7. The summed E-state index contributed by atoms with van der Waals surface area (Å²) in [6.45, 7) is 7.16. The molecule has 85 heavy (non-hydrogen) atoms. The third-order valence-corrected chi connectivity index (χ3v) is 17.5. The minimum absolute atomic E-state index is 0.107. The van der Waals surface area contributed by atoms with Crippen LogP contribution in [0.1, 0.15) is 336 Å². The molecule has 3 unspecified atom stereocenters. The van der Waals surface area contributed by atoms with Gasteiger partial charge in [0.25, 0.3) is 0 Å². The van der Waals surface area contributed by atoms with Crippen molar-refractivity contribution in [2.45, 2.75) is 355 Å². The Hall–Kier alpha value is -1.94. The van der Waals surface area contributed by atoms with Gasteiger partial charge in [0.1, 0.15) is 19.3 Å². The normalized spacial score (nSPS) is 14.5. The lowest BCUT2D eigenvalue weighted by molar-refractivity contribution is -0.161. The molecule has 0 aliphatic heterocycles. The molecule has 0 radical (unpaired) electrons. The van der Waals surface area contributed by atoms with Gasteiger partial charge in [0.2, 0.25) is 0 Å². The highest BCUT2D eigenvalue weighted by molar-refractivity contribution is 7.47. The maximum atomic E-state index is 13.0. The van der Waals surface area contributed by atoms with Crippen LogP contribution in [-0.2, 0) is 65.4 Å². The van der Waals surface area contributed by atoms with Crippen LogP contribution in [0.5, 0.6) is 0 Å². The molecule has 0 bridgehead atoms. The molecular weight excluding hydrogens is 1130 g/mol. The van der Waals surface area contributed by atoms with Crippen LogP contribution >= 0.6 is 15.6 Å². The van der Waals surface area contributed by atoms with Crippen molar-refractivity contribution in [1.82, 2.24) is 0 Å². The topological polar surface area (TPSA) is 237 Å². The predicted molar refractivity (Wildman–Crippen MR) is 340 cm³/mol. The van der Waals surface area contributed by atoms with Gasteiger partial charge in [0.15, 0.2) is 12.2 Å². The smallest absolute Gasteiger partial charge is 0.462 e. The largest absolute Gasteiger partial charge is 0.472 e. The summed E-state index contributed by atoms with van der Waals surface area (Å²) >= 11 is 0. The van der Waals surface area contributed by atoms with Crippen LogP contribution in [0.4, 0.5) is 0 Å². The van der Waals surface area contributed by atoms with Crippen LogP contribution < -0.4 is 0 Å². The Morgan fingerprint density at radius 1 is 0.329 bits per heavy atom. The molecule has 0 aromatic heterocycles. The summed E-state index contributed by atoms with van der Waals surface area (Å²) in [5.41, 5.74) is 0. The maximum Gasteiger partial charge on any atom is 0.472 e. The van der Waals surface area contributed by atoms with E-state index in [1.54, 1.807) is 0 Å². The molecule has 17 nitrogen and oxygen atoms in total. The van der Waals surface area contributed by atoms with Gasteiger partial charge in [-0.1, -0.05) is 285 Å². The van der Waals surface area contributed by atoms with Crippen molar-refractivity contribution in [3.63, 3.8) is 0 Å². The number of rotatable bonds is 66. The second-order valence-electron chi connectivity index (χ2n) is 24.1. The summed E-state index contributed by atoms with van der Waals surface area (Å²) in [7, 11) is -9.88. The van der Waals surface area contributed by atoms with Crippen LogP contribution in [0.3, 0.4) is 0 Å². The van der Waals surface area contributed by atoms with Crippen LogP contribution in [0.2, 0.25) is 0 Å². The molecule has 0 amide bonds. The highest BCUT2D eigenvalue weighted by Crippen LogP contribution is 2.45. The van der Waals surface area contributed by atoms with E-state index in [0.717, 1.165) is 102 Å². The van der Waals surface area contributed by atoms with E-state index in [-0.39, 0.29) is 25.7 Å². The third kappa shape index (κ3) is 59.5. The van der Waals surface area contributed by atoms with Gasteiger partial charge in [-0.3, -0.25) is 37.3 Å². The summed E-state index contributed by atoms with van der Waals surface area (Å²) in [4.78, 5) is 72.1. The van der Waals surface area contributed by atoms with Gasteiger partial charge in [0.05, 0.1) is 26.4 Å². The van der Waals surface area contributed by atoms with Gasteiger partial charge in [-0.2, -0.15) is 0 Å². The van der Waals surface area contributed by atoms with Crippen LogP contribution in [0.25, 0.3) is 0 Å². The number of unbranched alkanes of at least 4 members (excludes halogenated alkanes) is 37. The lowest BCUT2D eigenvalue weighted by Gasteiger charge is -2.21. The van der Waals surface area contributed by atoms with E-state index in [1.165, 1.54) is 154 Å². The SMILES string of the molecule is CCCCCCCCCCCCCCCC(=O)OC[C@H](COP(=O)(O)OC[C@@H](O)COP(=O)(O)OC[C@@H](COC(=O)CCCCCCC)OC(=O)CCCCCCCCCCCCCCC)OC(=O)CCCCCCCCCCCCC(C)CC. The molecule has 0 aliphatic rings. The molecule has 0 aliphatic carbocycles. The number of ether oxygens (including phenoxy) is 4. The highest BCUT2D eigenvalue weighted by Gasteiger charge is 2.30. The van der Waals surface area contributed by atoms with Crippen molar-refractivity contribution >= 4 is 39.5 Å². The summed E-state index contributed by atoms with van der Waals surface area (Å²) in [6.07, 6.45) is 44.6. The Kier molecular flexibility index (Phi) is 58.3. The van der Waals surface area contributed by atoms with Gasteiger partial charge in [-0.15, -0.1) is 0 Å². The van der Waals surface area contributed by atoms with Crippen molar-refractivity contribution in [2.75, 3.05) is 39.6 Å². The number of hydrogen-bond donors (Lipinski definition) is 3. The van der Waals surface area contributed by atoms with Crippen molar-refractivity contribution < 1.29 is 80.2 Å². The van der Waals surface area contributed by atoms with Crippen LogP contribution in [0.15, 0.2) is 0 Å². The van der Waals surface area contributed by atoms with E-state index in [1.807, 2.05) is 0 Å². The molecular formula is C66H128O17P2. The second-order valence-corrected chi connectivity index (χ2v) is 27.0. The van der Waals surface area contributed by atoms with E-state index in [0.29, 0.717) is 25.7 Å². The Morgan fingerprint density at radius 2 is 0.565 bits per heavy atom. The van der Waals surface area contributed by atoms with E-state index in [2.05, 4.69) is 34.6 Å². The van der Waals surface area contributed by atoms with Crippen LogP contribution in [-0.4, -0.2) is 96.7 Å². The number of phosphoric ester groups is 2. The molecule has 0 heterocycles. The van der Waals surface area contributed by atoms with Crippen molar-refractivity contribution in [2.24, 2.45) is 5.92 Å². The lowest BCUT2D eigenvalue weighted by Crippen LogP contribution is -2.30. The number of carbonyl (C=O) groups excluding carboxylic acids is 4. The highest BCUT2D eigenvalue weighted by atomic mass is 31.2. The molecule has 19 heteroatoms. The zero-order chi connectivity index (χ0) is 62.8. The number of phosphoric acid groups is 2. The Balaban J connectivity index is 5.17. The lowest BCUT2D eigenvalue weighted by atomic mass is 9.99. The Labute approximate surface area is 517 Å². The molecule has 0 spiro atoms. The first-order valence-electron chi connectivity index (χ1n) is 34.7. The van der Waals surface area contributed by atoms with E-state index >= 15 is 0 Å². The summed E-state index contributed by atoms with van der Waals surface area (Å²) < 4.78 is 67.9. The quantitative estimate of drug-likeness (QED) is 0.0222. The second kappa shape index (κ2) is 59.7. The number of aliphatic hydroxyl groups is 1. The minimum atomic E-state index is -4.95. The molecule has 0 saturated heterocycles. The van der Waals surface area contributed by atoms with Crippen molar-refractivity contribution in [3.05, 3.63) is 0 Å². The Bertz CT molecular complexity index is 1650. The Morgan fingerprint density at radius 3 is 0.835 bits per heavy atom. The van der Waals surface area contributed by atoms with Gasteiger partial charge in [-0.25, -0.2) is 9.13 Å². The molecule has 0 aromatic rings. The summed E-state index contributed by atoms with van der Waals surface area (Å²) in [5.74, 6) is -1.33. The fourth-order valence-electron chi connectivity index (χ4n) is 9.90. The molecule has 0 aromatic carbocycles. The average molecular weight is 1260 g/mol. The molecule has 6 atom stereocenters. The van der Waals surface area contributed by atoms with Crippen molar-refractivity contribution in [1.29, 1.82) is 0 Å². The molecule has 0 fully saturated rings. The standard InChI is InChI=1S/C66H128O17P2/c1-6-10-13-16-18-20-22-24-26-31-35-40-45-50-64(69)77-56-62(83-66(71)52-47-42-37-33-29-28-30-34-39-43-48-59(5)9-4)58-81-85(74,75)79-54-60(67)53-78-84(72,73)80-57-61(55-76-63(68)49-44-38-15-12-8-3)82-65(70)51-46-41-36-32-27-25-23-21-19-17-14-11-7-2/h59-62,67H,6-58H2,1-5H3,(H,72,73)(H,74,75)/t59?,60-,61+,62+/m0/s1. The predicted octanol–water partition coefficient (Wildman–Crippen LogP) is 18.6. The maximum absolute atomic E-state index is 13.0. The number of esters is 4. The van der Waals surface area contributed by atoms with E-state index < -0.39 is 97.5 Å². The molecule has 3 N–H and O–H groups in total. The van der Waals surface area contributed by atoms with Gasteiger partial charge < -0.3 is 33.8 Å². The molecule has 0 saturated carbocycles. The van der Waals surface area contributed by atoms with Gasteiger partial charge in [0, 0.05) is 25.7 Å². The summed E-state index contributed by atoms with van der Waals surface area (Å²) in [5, 5.41) is 10.5. The molecule has 504 valence electrons. The fourth-order valence-corrected chi connectivity index (χ4v) is 11.5. The van der Waals surface area contributed by atoms with E-state index in [4.69, 9.17) is 37.0 Å². The third-order valence-electron chi connectivity index (χ3n) is 15.6. The van der Waals surface area contributed by atoms with Gasteiger partial charge in [-0.05, 0) is 31.6 Å².